The van der Waals surface area contributed by atoms with E-state index >= 15 is 0 Å². The number of nitrogens with zero attached hydrogens (tertiary/aromatic N) is 1. The van der Waals surface area contributed by atoms with Crippen LogP contribution >= 0.6 is 24.0 Å². The predicted octanol–water partition coefficient (Wildman–Crippen LogP) is 2.14. The number of hydrogen-bond acceptors (Lipinski definition) is 2. The van der Waals surface area contributed by atoms with E-state index in [1.807, 2.05) is 6.92 Å². The van der Waals surface area contributed by atoms with Crippen LogP contribution < -0.4 is 0 Å². The standard InChI is InChI=1S/C5H6ClNO.ClH/c1-4-5(2-6)8-3-7-4;/h3H,2H2,1H3;1H. The maximum absolute atomic E-state index is 5.44. The maximum atomic E-state index is 5.44. The number of aromatic nitrogens is 1. The third-order valence-corrected chi connectivity index (χ3v) is 1.21. The predicted molar refractivity (Wildman–Crippen MR) is 38.0 cm³/mol. The van der Waals surface area contributed by atoms with Gasteiger partial charge < -0.3 is 4.42 Å². The summed E-state index contributed by atoms with van der Waals surface area (Å²) in [6.07, 6.45) is 1.40. The highest BCUT2D eigenvalue weighted by Gasteiger charge is 1.97. The van der Waals surface area contributed by atoms with Crippen molar-refractivity contribution in [3.05, 3.63) is 17.8 Å². The summed E-state index contributed by atoms with van der Waals surface area (Å²) in [5, 5.41) is 0. The zero-order valence-electron chi connectivity index (χ0n) is 4.93. The van der Waals surface area contributed by atoms with Crippen molar-refractivity contribution in [2.24, 2.45) is 0 Å². The average molecular weight is 168 g/mol. The number of aryl methyl sites for hydroxylation is 1. The first kappa shape index (κ1) is 8.79. The molecular formula is C5H7Cl2NO. The molecule has 0 spiro atoms. The Hall–Kier alpha value is -0.210. The normalized spacial score (nSPS) is 8.67. The fraction of sp³-hybridized carbons (Fsp3) is 0.400. The summed E-state index contributed by atoms with van der Waals surface area (Å²) in [5.74, 6) is 1.16. The Balaban J connectivity index is 0.000000640. The molecule has 0 aliphatic carbocycles. The quantitative estimate of drug-likeness (QED) is 0.600. The van der Waals surface area contributed by atoms with Crippen LogP contribution in [0.5, 0.6) is 0 Å². The zero-order valence-corrected chi connectivity index (χ0v) is 6.50. The Morgan fingerprint density at radius 1 is 1.78 bits per heavy atom. The lowest BCUT2D eigenvalue weighted by molar-refractivity contribution is 0.520. The fourth-order valence-corrected chi connectivity index (χ4v) is 0.711. The number of oxazole rings is 1. The molecule has 0 amide bonds. The second-order valence-corrected chi connectivity index (χ2v) is 1.76. The van der Waals surface area contributed by atoms with Gasteiger partial charge >= 0.3 is 0 Å². The molecule has 0 saturated carbocycles. The lowest BCUT2D eigenvalue weighted by Crippen LogP contribution is -1.75. The molecule has 4 heteroatoms. The van der Waals surface area contributed by atoms with Crippen molar-refractivity contribution in [1.29, 1.82) is 0 Å². The van der Waals surface area contributed by atoms with Crippen LogP contribution in [0.2, 0.25) is 0 Å². The molecule has 0 radical (unpaired) electrons. The average Bonchev–Trinajstić information content (AvgIpc) is 2.14. The van der Waals surface area contributed by atoms with E-state index in [4.69, 9.17) is 16.0 Å². The van der Waals surface area contributed by atoms with Crippen LogP contribution in [0, 0.1) is 6.92 Å². The summed E-state index contributed by atoms with van der Waals surface area (Å²) in [6, 6.07) is 0. The summed E-state index contributed by atoms with van der Waals surface area (Å²) in [6.45, 7) is 1.86. The monoisotopic (exact) mass is 167 g/mol. The molecule has 1 rings (SSSR count). The highest BCUT2D eigenvalue weighted by molar-refractivity contribution is 6.16. The molecule has 1 aromatic rings. The van der Waals surface area contributed by atoms with Gasteiger partial charge in [0.05, 0.1) is 11.6 Å². The van der Waals surface area contributed by atoms with Gasteiger partial charge in [-0.1, -0.05) is 0 Å². The van der Waals surface area contributed by atoms with Crippen molar-refractivity contribution in [3.63, 3.8) is 0 Å². The second kappa shape index (κ2) is 3.75. The van der Waals surface area contributed by atoms with Crippen molar-refractivity contribution >= 4 is 24.0 Å². The third-order valence-electron chi connectivity index (χ3n) is 0.966. The molecule has 0 aromatic carbocycles. The van der Waals surface area contributed by atoms with Gasteiger partial charge in [0.2, 0.25) is 0 Å². The van der Waals surface area contributed by atoms with E-state index in [2.05, 4.69) is 4.98 Å². The number of rotatable bonds is 1. The lowest BCUT2D eigenvalue weighted by atomic mass is 10.4. The van der Waals surface area contributed by atoms with E-state index in [0.717, 1.165) is 11.5 Å². The number of halogens is 2. The van der Waals surface area contributed by atoms with Crippen LogP contribution in [0.1, 0.15) is 11.5 Å². The van der Waals surface area contributed by atoms with Gasteiger partial charge in [0.25, 0.3) is 0 Å². The Morgan fingerprint density at radius 3 is 2.67 bits per heavy atom. The van der Waals surface area contributed by atoms with Crippen LogP contribution in [0.25, 0.3) is 0 Å². The molecule has 9 heavy (non-hydrogen) atoms. The molecular weight excluding hydrogens is 161 g/mol. The van der Waals surface area contributed by atoms with Crippen LogP contribution in [0.15, 0.2) is 10.8 Å². The molecule has 0 aliphatic rings. The molecule has 0 unspecified atom stereocenters. The van der Waals surface area contributed by atoms with Crippen molar-refractivity contribution in [1.82, 2.24) is 4.98 Å². The molecule has 1 heterocycles. The second-order valence-electron chi connectivity index (χ2n) is 1.49. The van der Waals surface area contributed by atoms with E-state index in [1.54, 1.807) is 0 Å². The first-order valence-corrected chi connectivity index (χ1v) is 2.83. The van der Waals surface area contributed by atoms with E-state index in [1.165, 1.54) is 6.39 Å². The molecule has 0 atom stereocenters. The first-order valence-electron chi connectivity index (χ1n) is 2.29. The van der Waals surface area contributed by atoms with E-state index in [0.29, 0.717) is 5.88 Å². The van der Waals surface area contributed by atoms with Crippen molar-refractivity contribution in [2.45, 2.75) is 12.8 Å². The Bertz CT molecular complexity index is 175. The molecule has 0 bridgehead atoms. The summed E-state index contributed by atoms with van der Waals surface area (Å²) in [7, 11) is 0. The molecule has 52 valence electrons. The summed E-state index contributed by atoms with van der Waals surface area (Å²) in [5.41, 5.74) is 0.875. The van der Waals surface area contributed by atoms with Gasteiger partial charge in [-0.2, -0.15) is 0 Å². The van der Waals surface area contributed by atoms with E-state index in [-0.39, 0.29) is 12.4 Å². The summed E-state index contributed by atoms with van der Waals surface area (Å²) >= 11 is 5.44. The van der Waals surface area contributed by atoms with Gasteiger partial charge in [-0.05, 0) is 6.92 Å². The molecule has 0 aliphatic heterocycles. The first-order chi connectivity index (χ1) is 3.84. The van der Waals surface area contributed by atoms with Crippen molar-refractivity contribution in [2.75, 3.05) is 0 Å². The van der Waals surface area contributed by atoms with Gasteiger partial charge in [-0.25, -0.2) is 4.98 Å². The van der Waals surface area contributed by atoms with Gasteiger partial charge in [-0.3, -0.25) is 0 Å². The van der Waals surface area contributed by atoms with Gasteiger partial charge in [0.1, 0.15) is 5.76 Å². The minimum atomic E-state index is 0. The van der Waals surface area contributed by atoms with E-state index in [9.17, 15) is 0 Å². The maximum Gasteiger partial charge on any atom is 0.181 e. The molecule has 0 fully saturated rings. The highest BCUT2D eigenvalue weighted by atomic mass is 35.5. The van der Waals surface area contributed by atoms with Gasteiger partial charge in [-0.15, -0.1) is 24.0 Å². The Labute approximate surface area is 64.6 Å². The van der Waals surface area contributed by atoms with Crippen LogP contribution in [-0.2, 0) is 5.88 Å². The minimum absolute atomic E-state index is 0. The minimum Gasteiger partial charge on any atom is -0.447 e. The third kappa shape index (κ3) is 1.88. The number of alkyl halides is 1. The topological polar surface area (TPSA) is 26.0 Å². The Morgan fingerprint density at radius 2 is 2.44 bits per heavy atom. The Kier molecular flexibility index (Phi) is 3.66. The molecule has 2 nitrogen and oxygen atoms in total. The van der Waals surface area contributed by atoms with Gasteiger partial charge in [0.15, 0.2) is 6.39 Å². The highest BCUT2D eigenvalue weighted by Crippen LogP contribution is 2.06. The summed E-state index contributed by atoms with van der Waals surface area (Å²) in [4.78, 5) is 3.84. The van der Waals surface area contributed by atoms with Crippen LogP contribution in [-0.4, -0.2) is 4.98 Å². The number of hydrogen-bond donors (Lipinski definition) is 0. The SMILES string of the molecule is Cc1ncoc1CCl.Cl. The van der Waals surface area contributed by atoms with Crippen molar-refractivity contribution < 1.29 is 4.42 Å². The molecule has 0 N–H and O–H groups in total. The van der Waals surface area contributed by atoms with Crippen molar-refractivity contribution in [3.8, 4) is 0 Å². The molecule has 1 aromatic heterocycles. The molecule has 0 saturated heterocycles. The van der Waals surface area contributed by atoms with Crippen LogP contribution in [0.3, 0.4) is 0 Å². The van der Waals surface area contributed by atoms with Crippen LogP contribution in [0.4, 0.5) is 0 Å². The smallest absolute Gasteiger partial charge is 0.181 e. The largest absolute Gasteiger partial charge is 0.447 e. The van der Waals surface area contributed by atoms with Gasteiger partial charge in [0, 0.05) is 0 Å². The summed E-state index contributed by atoms with van der Waals surface area (Å²) < 4.78 is 4.87. The lowest BCUT2D eigenvalue weighted by Gasteiger charge is -1.82. The van der Waals surface area contributed by atoms with E-state index < -0.39 is 0 Å². The fourth-order valence-electron chi connectivity index (χ4n) is 0.454. The zero-order chi connectivity index (χ0) is 5.98.